The smallest absolute Gasteiger partial charge is 0.231 e. The molecule has 0 saturated heterocycles. The summed E-state index contributed by atoms with van der Waals surface area (Å²) < 4.78 is 5.26. The summed E-state index contributed by atoms with van der Waals surface area (Å²) in [7, 11) is 0. The Bertz CT molecular complexity index is 483. The molecule has 5 heteroatoms. The van der Waals surface area contributed by atoms with Gasteiger partial charge in [0.2, 0.25) is 5.89 Å². The van der Waals surface area contributed by atoms with Crippen LogP contribution in [0.3, 0.4) is 0 Å². The highest BCUT2D eigenvalue weighted by Crippen LogP contribution is 2.18. The lowest BCUT2D eigenvalue weighted by molar-refractivity contribution is 0.337. The van der Waals surface area contributed by atoms with Gasteiger partial charge >= 0.3 is 0 Å². The Morgan fingerprint density at radius 1 is 1.44 bits per heavy atom. The van der Waals surface area contributed by atoms with Crippen LogP contribution in [0.5, 0.6) is 0 Å². The van der Waals surface area contributed by atoms with Gasteiger partial charge in [-0.1, -0.05) is 25.1 Å². The predicted octanol–water partition coefficient (Wildman–Crippen LogP) is 1.90. The Hall–Kier alpha value is -1.75. The lowest BCUT2D eigenvalue weighted by Gasteiger charge is -2.13. The van der Waals surface area contributed by atoms with Crippen molar-refractivity contribution in [1.82, 2.24) is 15.1 Å². The molecule has 2 unspecified atom stereocenters. The number of aromatic nitrogens is 3. The van der Waals surface area contributed by atoms with Crippen LogP contribution in [0.2, 0.25) is 0 Å². The minimum atomic E-state index is 0.0525. The van der Waals surface area contributed by atoms with Crippen molar-refractivity contribution in [3.63, 3.8) is 0 Å². The SMILES string of the molecule is CCC(N)C(C)c1nc(Cc2cccnc2)no1. The average molecular weight is 246 g/mol. The van der Waals surface area contributed by atoms with Crippen molar-refractivity contribution in [3.05, 3.63) is 41.8 Å². The van der Waals surface area contributed by atoms with Gasteiger partial charge in [0.25, 0.3) is 0 Å². The second kappa shape index (κ2) is 5.73. The quantitative estimate of drug-likeness (QED) is 0.871. The molecule has 0 bridgehead atoms. The Labute approximate surface area is 106 Å². The molecule has 2 atom stereocenters. The number of hydrogen-bond donors (Lipinski definition) is 1. The molecular weight excluding hydrogens is 228 g/mol. The van der Waals surface area contributed by atoms with E-state index in [9.17, 15) is 0 Å². The van der Waals surface area contributed by atoms with Crippen LogP contribution in [-0.4, -0.2) is 21.2 Å². The summed E-state index contributed by atoms with van der Waals surface area (Å²) in [6.07, 6.45) is 5.07. The molecule has 18 heavy (non-hydrogen) atoms. The third-order valence-electron chi connectivity index (χ3n) is 3.07. The summed E-state index contributed by atoms with van der Waals surface area (Å²) >= 11 is 0. The van der Waals surface area contributed by atoms with Gasteiger partial charge in [0.05, 0.1) is 5.92 Å². The highest BCUT2D eigenvalue weighted by atomic mass is 16.5. The third kappa shape index (κ3) is 2.92. The molecule has 0 aliphatic carbocycles. The molecule has 2 aromatic rings. The summed E-state index contributed by atoms with van der Waals surface area (Å²) in [5.41, 5.74) is 7.04. The molecule has 5 nitrogen and oxygen atoms in total. The molecule has 2 rings (SSSR count). The van der Waals surface area contributed by atoms with Gasteiger partial charge in [0.15, 0.2) is 5.82 Å². The van der Waals surface area contributed by atoms with Crippen molar-refractivity contribution < 1.29 is 4.52 Å². The Balaban J connectivity index is 2.07. The van der Waals surface area contributed by atoms with Crippen molar-refractivity contribution >= 4 is 0 Å². The number of hydrogen-bond acceptors (Lipinski definition) is 5. The van der Waals surface area contributed by atoms with Crippen LogP contribution in [0.25, 0.3) is 0 Å². The maximum atomic E-state index is 5.97. The molecule has 96 valence electrons. The third-order valence-corrected chi connectivity index (χ3v) is 3.07. The summed E-state index contributed by atoms with van der Waals surface area (Å²) in [6, 6.07) is 3.94. The van der Waals surface area contributed by atoms with Crippen LogP contribution in [0, 0.1) is 0 Å². The summed E-state index contributed by atoms with van der Waals surface area (Å²) in [4.78, 5) is 8.45. The van der Waals surface area contributed by atoms with Gasteiger partial charge in [0, 0.05) is 24.9 Å². The largest absolute Gasteiger partial charge is 0.339 e. The van der Waals surface area contributed by atoms with Crippen LogP contribution < -0.4 is 5.73 Å². The van der Waals surface area contributed by atoms with Crippen molar-refractivity contribution in [2.24, 2.45) is 5.73 Å². The van der Waals surface area contributed by atoms with Gasteiger partial charge in [-0.2, -0.15) is 4.98 Å². The van der Waals surface area contributed by atoms with Crippen molar-refractivity contribution in [2.45, 2.75) is 38.6 Å². The van der Waals surface area contributed by atoms with Gasteiger partial charge in [-0.25, -0.2) is 0 Å². The van der Waals surface area contributed by atoms with Crippen LogP contribution in [-0.2, 0) is 6.42 Å². The molecule has 0 aliphatic heterocycles. The molecule has 2 aromatic heterocycles. The standard InChI is InChI=1S/C13H18N4O/c1-3-11(14)9(2)13-16-12(17-18-13)7-10-5-4-6-15-8-10/h4-6,8-9,11H,3,7,14H2,1-2H3. The normalized spacial score (nSPS) is 14.4. The van der Waals surface area contributed by atoms with E-state index in [4.69, 9.17) is 10.3 Å². The van der Waals surface area contributed by atoms with E-state index >= 15 is 0 Å². The molecule has 0 spiro atoms. The van der Waals surface area contributed by atoms with Gasteiger partial charge in [-0.15, -0.1) is 0 Å². The molecule has 0 aliphatic rings. The molecule has 2 N–H and O–H groups in total. The number of nitrogens with two attached hydrogens (primary N) is 1. The molecule has 0 amide bonds. The van der Waals surface area contributed by atoms with E-state index in [1.807, 2.05) is 26.0 Å². The van der Waals surface area contributed by atoms with Gasteiger partial charge in [0.1, 0.15) is 0 Å². The monoisotopic (exact) mass is 246 g/mol. The first kappa shape index (κ1) is 12.7. The predicted molar refractivity (Wildman–Crippen MR) is 68.0 cm³/mol. The van der Waals surface area contributed by atoms with E-state index in [1.165, 1.54) is 0 Å². The van der Waals surface area contributed by atoms with Crippen molar-refractivity contribution in [2.75, 3.05) is 0 Å². The van der Waals surface area contributed by atoms with Gasteiger partial charge in [-0.3, -0.25) is 4.98 Å². The zero-order valence-electron chi connectivity index (χ0n) is 10.7. The number of rotatable bonds is 5. The highest BCUT2D eigenvalue weighted by Gasteiger charge is 2.19. The maximum absolute atomic E-state index is 5.97. The summed E-state index contributed by atoms with van der Waals surface area (Å²) in [5, 5.41) is 3.98. The van der Waals surface area contributed by atoms with Crippen LogP contribution in [0.15, 0.2) is 29.0 Å². The number of pyridine rings is 1. The zero-order chi connectivity index (χ0) is 13.0. The first-order valence-corrected chi connectivity index (χ1v) is 6.17. The minimum Gasteiger partial charge on any atom is -0.339 e. The van der Waals surface area contributed by atoms with Crippen molar-refractivity contribution in [1.29, 1.82) is 0 Å². The van der Waals surface area contributed by atoms with E-state index in [-0.39, 0.29) is 12.0 Å². The second-order valence-electron chi connectivity index (χ2n) is 4.45. The fourth-order valence-electron chi connectivity index (χ4n) is 1.75. The minimum absolute atomic E-state index is 0.0525. The molecule has 0 radical (unpaired) electrons. The lowest BCUT2D eigenvalue weighted by Crippen LogP contribution is -2.25. The van der Waals surface area contributed by atoms with Crippen LogP contribution in [0.4, 0.5) is 0 Å². The van der Waals surface area contributed by atoms with E-state index in [0.29, 0.717) is 18.1 Å². The maximum Gasteiger partial charge on any atom is 0.231 e. The zero-order valence-corrected chi connectivity index (χ0v) is 10.7. The molecule has 0 saturated carbocycles. The average Bonchev–Trinajstić information content (AvgIpc) is 2.86. The second-order valence-corrected chi connectivity index (χ2v) is 4.45. The lowest BCUT2D eigenvalue weighted by atomic mass is 10.0. The van der Waals surface area contributed by atoms with Gasteiger partial charge in [-0.05, 0) is 18.1 Å². The van der Waals surface area contributed by atoms with Crippen molar-refractivity contribution in [3.8, 4) is 0 Å². The van der Waals surface area contributed by atoms with Crippen LogP contribution in [0.1, 0.15) is 43.5 Å². The van der Waals surface area contributed by atoms with E-state index < -0.39 is 0 Å². The Morgan fingerprint density at radius 2 is 2.28 bits per heavy atom. The molecule has 0 aromatic carbocycles. The first-order chi connectivity index (χ1) is 8.70. The topological polar surface area (TPSA) is 77.8 Å². The molecule has 0 fully saturated rings. The summed E-state index contributed by atoms with van der Waals surface area (Å²) in [6.45, 7) is 4.06. The van der Waals surface area contributed by atoms with E-state index in [1.54, 1.807) is 12.4 Å². The fraction of sp³-hybridized carbons (Fsp3) is 0.462. The van der Waals surface area contributed by atoms with Crippen LogP contribution >= 0.6 is 0 Å². The highest BCUT2D eigenvalue weighted by molar-refractivity contribution is 5.14. The fourth-order valence-corrected chi connectivity index (χ4v) is 1.75. The van der Waals surface area contributed by atoms with E-state index in [0.717, 1.165) is 12.0 Å². The number of nitrogens with zero attached hydrogens (tertiary/aromatic N) is 3. The Kier molecular flexibility index (Phi) is 4.04. The first-order valence-electron chi connectivity index (χ1n) is 6.17. The van der Waals surface area contributed by atoms with E-state index in [2.05, 4.69) is 15.1 Å². The molecule has 2 heterocycles. The van der Waals surface area contributed by atoms with Gasteiger partial charge < -0.3 is 10.3 Å². The Morgan fingerprint density at radius 3 is 2.94 bits per heavy atom. The summed E-state index contributed by atoms with van der Waals surface area (Å²) in [5.74, 6) is 1.38. The molecular formula is C13H18N4O.